The normalized spacial score (nSPS) is 14.9. The Kier molecular flexibility index (Phi) is 7.43. The smallest absolute Gasteiger partial charge is 0.335 e. The van der Waals surface area contributed by atoms with Crippen molar-refractivity contribution in [2.75, 3.05) is 33.2 Å². The van der Waals surface area contributed by atoms with E-state index in [1.165, 1.54) is 11.3 Å². The van der Waals surface area contributed by atoms with Gasteiger partial charge in [-0.25, -0.2) is 9.78 Å². The predicted molar refractivity (Wildman–Crippen MR) is 155 cm³/mol. The first-order chi connectivity index (χ1) is 18.8. The van der Waals surface area contributed by atoms with E-state index in [9.17, 15) is 14.7 Å². The van der Waals surface area contributed by atoms with E-state index >= 15 is 0 Å². The molecular weight excluding hydrogens is 512 g/mol. The third-order valence-electron chi connectivity index (χ3n) is 7.29. The van der Waals surface area contributed by atoms with Crippen LogP contribution in [0.5, 0.6) is 5.75 Å². The number of aromatic nitrogens is 2. The number of likely N-dealkylation sites (N-methyl/N-ethyl adjacent to an activating group) is 1. The summed E-state index contributed by atoms with van der Waals surface area (Å²) in [5.74, 6) is -0.0958. The summed E-state index contributed by atoms with van der Waals surface area (Å²) in [7, 11) is 7.06. The van der Waals surface area contributed by atoms with Gasteiger partial charge in [-0.15, -0.1) is 11.3 Å². The average Bonchev–Trinajstić information content (AvgIpc) is 3.55. The number of hydrogen-bond donors (Lipinski definition) is 1. The number of methoxy groups -OCH3 is 1. The summed E-state index contributed by atoms with van der Waals surface area (Å²) in [6, 6.07) is 13.0. The Hall–Kier alpha value is -4.11. The number of hydrogen-bond acceptors (Lipinski definition) is 6. The Bertz CT molecular complexity index is 1570. The molecule has 0 saturated carbocycles. The number of carbonyl (C=O) groups is 2. The van der Waals surface area contributed by atoms with E-state index in [1.807, 2.05) is 52.2 Å². The molecule has 2 aromatic heterocycles. The third kappa shape index (κ3) is 5.02. The molecule has 9 heteroatoms. The maximum absolute atomic E-state index is 13.1. The fraction of sp³-hybridized carbons (Fsp3) is 0.300. The lowest BCUT2D eigenvalue weighted by Gasteiger charge is -2.21. The first-order valence-corrected chi connectivity index (χ1v) is 13.7. The number of nitrogens with zero attached hydrogens (tertiary/aromatic N) is 4. The maximum atomic E-state index is 13.1. The van der Waals surface area contributed by atoms with Gasteiger partial charge in [0.15, 0.2) is 5.13 Å². The van der Waals surface area contributed by atoms with Gasteiger partial charge in [-0.1, -0.05) is 30.4 Å². The van der Waals surface area contributed by atoms with E-state index in [-0.39, 0.29) is 23.9 Å². The van der Waals surface area contributed by atoms with Gasteiger partial charge in [0.1, 0.15) is 18.0 Å². The van der Waals surface area contributed by atoms with E-state index in [0.29, 0.717) is 0 Å². The van der Waals surface area contributed by atoms with Crippen molar-refractivity contribution in [2.24, 2.45) is 0 Å². The van der Waals surface area contributed by atoms with Crippen LogP contribution in [0, 0.1) is 0 Å². The molecule has 0 fully saturated rings. The SMILES string of the molecule is COc1ccccc1N(C)c1nc(-c2c(C3CC=CCC3)c3ccc(C(=O)O)cc3n2CC(=O)N(C)C)cs1. The summed E-state index contributed by atoms with van der Waals surface area (Å²) in [4.78, 5) is 33.6. The fourth-order valence-corrected chi connectivity index (χ4v) is 6.02. The second kappa shape index (κ2) is 10.9. The van der Waals surface area contributed by atoms with Crippen LogP contribution in [0.25, 0.3) is 22.3 Å². The fourth-order valence-electron chi connectivity index (χ4n) is 5.23. The van der Waals surface area contributed by atoms with Crippen LogP contribution >= 0.6 is 11.3 Å². The second-order valence-electron chi connectivity index (χ2n) is 9.90. The van der Waals surface area contributed by atoms with Gasteiger partial charge in [-0.2, -0.15) is 0 Å². The number of amides is 1. The van der Waals surface area contributed by atoms with Gasteiger partial charge in [0.25, 0.3) is 0 Å². The van der Waals surface area contributed by atoms with Crippen molar-refractivity contribution in [3.05, 3.63) is 71.1 Å². The van der Waals surface area contributed by atoms with Crippen LogP contribution in [0.15, 0.2) is 60.0 Å². The molecule has 0 spiro atoms. The van der Waals surface area contributed by atoms with Crippen LogP contribution in [0.2, 0.25) is 0 Å². The molecule has 1 atom stereocenters. The summed E-state index contributed by atoms with van der Waals surface area (Å²) in [6.07, 6.45) is 7.24. The molecule has 1 aliphatic carbocycles. The van der Waals surface area contributed by atoms with Gasteiger partial charge in [0, 0.05) is 31.9 Å². The number of benzene rings is 2. The highest BCUT2D eigenvalue weighted by atomic mass is 32.1. The zero-order valence-electron chi connectivity index (χ0n) is 22.5. The van der Waals surface area contributed by atoms with E-state index in [2.05, 4.69) is 12.2 Å². The molecule has 1 amide bonds. The van der Waals surface area contributed by atoms with Crippen molar-refractivity contribution in [1.29, 1.82) is 0 Å². The molecule has 202 valence electrons. The number of ether oxygens (including phenoxy) is 1. The minimum atomic E-state index is -0.998. The molecule has 1 N–H and O–H groups in total. The van der Waals surface area contributed by atoms with Crippen molar-refractivity contribution in [3.8, 4) is 17.1 Å². The van der Waals surface area contributed by atoms with Crippen molar-refractivity contribution in [1.82, 2.24) is 14.5 Å². The van der Waals surface area contributed by atoms with Crippen LogP contribution in [-0.2, 0) is 11.3 Å². The number of carboxylic acid groups (broad SMARTS) is 1. The molecule has 4 aromatic rings. The molecule has 8 nitrogen and oxygen atoms in total. The van der Waals surface area contributed by atoms with Crippen molar-refractivity contribution >= 4 is 44.9 Å². The summed E-state index contributed by atoms with van der Waals surface area (Å²) in [5, 5.41) is 13.5. The molecule has 1 unspecified atom stereocenters. The van der Waals surface area contributed by atoms with Crippen LogP contribution in [-0.4, -0.2) is 59.7 Å². The standard InChI is InChI=1S/C30H32N4O4S/c1-32(2)26(35)17-34-24-16-20(29(36)37)14-15-21(24)27(19-10-6-5-7-11-19)28(34)22-18-39-30(31-22)33(3)23-12-8-9-13-25(23)38-4/h5-6,8-9,12-16,18-19H,7,10-11,17H2,1-4H3,(H,36,37). The molecule has 0 saturated heterocycles. The maximum Gasteiger partial charge on any atom is 0.335 e. The van der Waals surface area contributed by atoms with Gasteiger partial charge < -0.3 is 24.2 Å². The number of allylic oxidation sites excluding steroid dienone is 2. The van der Waals surface area contributed by atoms with Crippen LogP contribution in [0.4, 0.5) is 10.8 Å². The molecule has 2 aromatic carbocycles. The molecule has 0 radical (unpaired) electrons. The summed E-state index contributed by atoms with van der Waals surface area (Å²) in [5.41, 5.74) is 4.58. The molecule has 0 aliphatic heterocycles. The Morgan fingerprint density at radius 1 is 1.15 bits per heavy atom. The van der Waals surface area contributed by atoms with E-state index in [4.69, 9.17) is 9.72 Å². The van der Waals surface area contributed by atoms with Crippen LogP contribution in [0.1, 0.15) is 41.1 Å². The number of thiazole rings is 1. The number of anilines is 2. The molecule has 2 heterocycles. The average molecular weight is 545 g/mol. The minimum Gasteiger partial charge on any atom is -0.495 e. The minimum absolute atomic E-state index is 0.0782. The Balaban J connectivity index is 1.72. The van der Waals surface area contributed by atoms with Crippen molar-refractivity contribution in [3.63, 3.8) is 0 Å². The molecule has 5 rings (SSSR count). The zero-order chi connectivity index (χ0) is 27.7. The largest absolute Gasteiger partial charge is 0.495 e. The number of rotatable bonds is 8. The van der Waals surface area contributed by atoms with Gasteiger partial charge in [0.05, 0.1) is 29.6 Å². The number of aromatic carboxylic acids is 1. The number of carbonyl (C=O) groups excluding carboxylic acids is 1. The van der Waals surface area contributed by atoms with Crippen molar-refractivity contribution < 1.29 is 19.4 Å². The van der Waals surface area contributed by atoms with Crippen LogP contribution < -0.4 is 9.64 Å². The first-order valence-electron chi connectivity index (χ1n) is 12.9. The molecular formula is C30H32N4O4S. The lowest BCUT2D eigenvalue weighted by molar-refractivity contribution is -0.129. The molecule has 0 bridgehead atoms. The van der Waals surface area contributed by atoms with E-state index in [0.717, 1.165) is 63.7 Å². The zero-order valence-corrected chi connectivity index (χ0v) is 23.4. The van der Waals surface area contributed by atoms with Crippen molar-refractivity contribution in [2.45, 2.75) is 31.7 Å². The monoisotopic (exact) mass is 544 g/mol. The molecule has 39 heavy (non-hydrogen) atoms. The first kappa shape index (κ1) is 26.5. The summed E-state index contributed by atoms with van der Waals surface area (Å²) < 4.78 is 7.53. The topological polar surface area (TPSA) is 87.9 Å². The van der Waals surface area contributed by atoms with Crippen LogP contribution in [0.3, 0.4) is 0 Å². The second-order valence-corrected chi connectivity index (χ2v) is 10.7. The number of fused-ring (bicyclic) bond motifs is 1. The van der Waals surface area contributed by atoms with Gasteiger partial charge in [-0.05, 0) is 55.0 Å². The third-order valence-corrected chi connectivity index (χ3v) is 8.21. The number of carboxylic acids is 1. The lowest BCUT2D eigenvalue weighted by atomic mass is 9.85. The molecule has 1 aliphatic rings. The highest BCUT2D eigenvalue weighted by Gasteiger charge is 2.29. The Labute approximate surface area is 231 Å². The quantitative estimate of drug-likeness (QED) is 0.268. The Morgan fingerprint density at radius 2 is 1.95 bits per heavy atom. The predicted octanol–water partition coefficient (Wildman–Crippen LogP) is 6.15. The Morgan fingerprint density at radius 3 is 2.64 bits per heavy atom. The van der Waals surface area contributed by atoms with E-state index < -0.39 is 5.97 Å². The number of para-hydroxylation sites is 2. The summed E-state index contributed by atoms with van der Waals surface area (Å²) >= 11 is 1.52. The van der Waals surface area contributed by atoms with Gasteiger partial charge in [-0.3, -0.25) is 4.79 Å². The van der Waals surface area contributed by atoms with E-state index in [1.54, 1.807) is 38.2 Å². The van der Waals surface area contributed by atoms with Gasteiger partial charge in [0.2, 0.25) is 5.91 Å². The summed E-state index contributed by atoms with van der Waals surface area (Å²) in [6.45, 7) is 0.0830. The highest BCUT2D eigenvalue weighted by Crippen LogP contribution is 2.44. The lowest BCUT2D eigenvalue weighted by Crippen LogP contribution is -2.26. The highest BCUT2D eigenvalue weighted by molar-refractivity contribution is 7.14. The van der Waals surface area contributed by atoms with Gasteiger partial charge >= 0.3 is 5.97 Å².